The van der Waals surface area contributed by atoms with Gasteiger partial charge >= 0.3 is 0 Å². The van der Waals surface area contributed by atoms with Gasteiger partial charge in [0.05, 0.1) is 35.4 Å². The number of aromatic nitrogens is 6. The summed E-state index contributed by atoms with van der Waals surface area (Å²) in [6, 6.07) is -0.160. The molecule has 0 aromatic carbocycles. The number of nitrogens with zero attached hydrogens (tertiary/aromatic N) is 6. The average Bonchev–Trinajstić information content (AvgIpc) is 3.30. The summed E-state index contributed by atoms with van der Waals surface area (Å²) in [5, 5.41) is 16.4. The molecule has 0 spiro atoms. The highest BCUT2D eigenvalue weighted by Crippen LogP contribution is 2.29. The molecule has 1 aliphatic rings. The van der Waals surface area contributed by atoms with Crippen LogP contribution in [0.5, 0.6) is 0 Å². The van der Waals surface area contributed by atoms with Crippen LogP contribution in [0.1, 0.15) is 52.1 Å². The molecule has 2 atom stereocenters. The van der Waals surface area contributed by atoms with Gasteiger partial charge in [-0.3, -0.25) is 9.48 Å². The Kier molecular flexibility index (Phi) is 4.52. The fraction of sp³-hybridized carbons (Fsp3) is 0.526. The molecule has 4 rings (SSSR count). The zero-order valence-electron chi connectivity index (χ0n) is 16.7. The minimum absolute atomic E-state index is 0.00305. The summed E-state index contributed by atoms with van der Waals surface area (Å²) < 4.78 is 3.77. The lowest BCUT2D eigenvalue weighted by Crippen LogP contribution is -2.45. The molecule has 2 N–H and O–H groups in total. The molecule has 0 aliphatic carbocycles. The quantitative estimate of drug-likeness (QED) is 0.717. The Balaban J connectivity index is 1.66. The number of hydrogen-bond donors (Lipinski definition) is 2. The Morgan fingerprint density at radius 1 is 1.25 bits per heavy atom. The van der Waals surface area contributed by atoms with Crippen LogP contribution in [-0.4, -0.2) is 41.5 Å². The van der Waals surface area contributed by atoms with Crippen molar-refractivity contribution >= 4 is 22.8 Å². The second-order valence-electron chi connectivity index (χ2n) is 8.15. The highest BCUT2D eigenvalue weighted by molar-refractivity contribution is 5.86. The van der Waals surface area contributed by atoms with Crippen molar-refractivity contribution in [2.75, 3.05) is 5.32 Å². The number of piperidine rings is 1. The van der Waals surface area contributed by atoms with E-state index in [2.05, 4.69) is 51.6 Å². The lowest BCUT2D eigenvalue weighted by molar-refractivity contribution is -0.123. The van der Waals surface area contributed by atoms with Crippen molar-refractivity contribution in [1.29, 1.82) is 0 Å². The summed E-state index contributed by atoms with van der Waals surface area (Å²) in [6.07, 6.45) is 8.35. The standard InChI is InChI=1S/C19H26N8O/c1-5-26-10-12(8-22-26)16-14(6-7-15(28)25-16)24-17-13-9-23-27(19(2,3)4)18(13)21-11-20-17/h8-11,14,16H,5-7H2,1-4H3,(H,25,28)(H,20,21,24)/t14-,16+/m1/s1. The van der Waals surface area contributed by atoms with E-state index in [1.54, 1.807) is 12.5 Å². The second kappa shape index (κ2) is 6.88. The van der Waals surface area contributed by atoms with E-state index in [1.165, 1.54) is 0 Å². The fourth-order valence-corrected chi connectivity index (χ4v) is 3.61. The van der Waals surface area contributed by atoms with Crippen LogP contribution in [0.15, 0.2) is 24.9 Å². The SMILES string of the molecule is CCn1cc([C@@H]2NC(=O)CC[C@H]2Nc2ncnc3c2cnn3C(C)(C)C)cn1. The number of aryl methyl sites for hydroxylation is 1. The molecule has 1 saturated heterocycles. The third-order valence-electron chi connectivity index (χ3n) is 5.06. The van der Waals surface area contributed by atoms with E-state index < -0.39 is 0 Å². The van der Waals surface area contributed by atoms with E-state index in [-0.39, 0.29) is 23.5 Å². The smallest absolute Gasteiger partial charge is 0.220 e. The first-order valence-corrected chi connectivity index (χ1v) is 9.64. The van der Waals surface area contributed by atoms with Crippen LogP contribution in [0.3, 0.4) is 0 Å². The zero-order chi connectivity index (χ0) is 19.9. The molecule has 3 aromatic heterocycles. The van der Waals surface area contributed by atoms with E-state index >= 15 is 0 Å². The third kappa shape index (κ3) is 3.32. The predicted octanol–water partition coefficient (Wildman–Crippen LogP) is 2.23. The lowest BCUT2D eigenvalue weighted by atomic mass is 9.93. The molecule has 3 aromatic rings. The highest BCUT2D eigenvalue weighted by Gasteiger charge is 2.32. The van der Waals surface area contributed by atoms with Crippen LogP contribution in [0.4, 0.5) is 5.82 Å². The minimum Gasteiger partial charge on any atom is -0.364 e. The number of anilines is 1. The number of carbonyl (C=O) groups is 1. The summed E-state index contributed by atoms with van der Waals surface area (Å²) in [6.45, 7) is 9.10. The summed E-state index contributed by atoms with van der Waals surface area (Å²) >= 11 is 0. The Morgan fingerprint density at radius 3 is 2.79 bits per heavy atom. The largest absolute Gasteiger partial charge is 0.364 e. The molecule has 0 saturated carbocycles. The zero-order valence-corrected chi connectivity index (χ0v) is 16.7. The molecular weight excluding hydrogens is 356 g/mol. The number of carbonyl (C=O) groups excluding carboxylic acids is 1. The maximum atomic E-state index is 12.0. The van der Waals surface area contributed by atoms with Gasteiger partial charge in [-0.25, -0.2) is 14.6 Å². The molecule has 0 unspecified atom stereocenters. The maximum Gasteiger partial charge on any atom is 0.220 e. The van der Waals surface area contributed by atoms with Crippen molar-refractivity contribution in [3.63, 3.8) is 0 Å². The van der Waals surface area contributed by atoms with Gasteiger partial charge in [0.15, 0.2) is 5.65 Å². The van der Waals surface area contributed by atoms with Crippen molar-refractivity contribution in [3.05, 3.63) is 30.5 Å². The number of nitrogens with one attached hydrogen (secondary N) is 2. The van der Waals surface area contributed by atoms with E-state index in [0.29, 0.717) is 12.8 Å². The van der Waals surface area contributed by atoms with Crippen molar-refractivity contribution < 1.29 is 4.79 Å². The highest BCUT2D eigenvalue weighted by atomic mass is 16.1. The third-order valence-corrected chi connectivity index (χ3v) is 5.06. The molecule has 148 valence electrons. The molecule has 4 heterocycles. The van der Waals surface area contributed by atoms with Gasteiger partial charge in [0.25, 0.3) is 0 Å². The van der Waals surface area contributed by atoms with Crippen molar-refractivity contribution in [1.82, 2.24) is 34.8 Å². The summed E-state index contributed by atoms with van der Waals surface area (Å²) in [5.74, 6) is 0.787. The van der Waals surface area contributed by atoms with Gasteiger partial charge in [-0.1, -0.05) is 0 Å². The predicted molar refractivity (Wildman–Crippen MR) is 106 cm³/mol. The van der Waals surface area contributed by atoms with Gasteiger partial charge in [-0.05, 0) is 34.1 Å². The van der Waals surface area contributed by atoms with Crippen LogP contribution in [0, 0.1) is 0 Å². The molecular formula is C19H26N8O. The average molecular weight is 382 g/mol. The summed E-state index contributed by atoms with van der Waals surface area (Å²) in [7, 11) is 0. The monoisotopic (exact) mass is 382 g/mol. The van der Waals surface area contributed by atoms with Gasteiger partial charge in [0.2, 0.25) is 5.91 Å². The molecule has 0 bridgehead atoms. The van der Waals surface area contributed by atoms with E-state index in [9.17, 15) is 4.79 Å². The molecule has 1 amide bonds. The Hall–Kier alpha value is -2.97. The van der Waals surface area contributed by atoms with Gasteiger partial charge in [0, 0.05) is 24.7 Å². The normalized spacial score (nSPS) is 20.4. The first-order chi connectivity index (χ1) is 13.4. The van der Waals surface area contributed by atoms with Crippen LogP contribution in [0.2, 0.25) is 0 Å². The van der Waals surface area contributed by atoms with Crippen molar-refractivity contribution in [3.8, 4) is 0 Å². The number of hydrogen-bond acceptors (Lipinski definition) is 6. The molecule has 9 heteroatoms. The minimum atomic E-state index is -0.177. The Bertz CT molecular complexity index is 999. The van der Waals surface area contributed by atoms with Crippen LogP contribution in [-0.2, 0) is 16.9 Å². The Labute approximate surface area is 163 Å². The van der Waals surface area contributed by atoms with Crippen molar-refractivity contribution in [2.24, 2.45) is 0 Å². The second-order valence-corrected chi connectivity index (χ2v) is 8.15. The van der Waals surface area contributed by atoms with Gasteiger partial charge < -0.3 is 10.6 Å². The van der Waals surface area contributed by atoms with Crippen LogP contribution < -0.4 is 10.6 Å². The molecule has 1 fully saturated rings. The van der Waals surface area contributed by atoms with Crippen molar-refractivity contribution in [2.45, 2.75) is 64.7 Å². The summed E-state index contributed by atoms with van der Waals surface area (Å²) in [4.78, 5) is 20.9. The summed E-state index contributed by atoms with van der Waals surface area (Å²) in [5.41, 5.74) is 1.60. The lowest BCUT2D eigenvalue weighted by Gasteiger charge is -2.32. The number of amides is 1. The fourth-order valence-electron chi connectivity index (χ4n) is 3.61. The number of rotatable bonds is 4. The topological polar surface area (TPSA) is 103 Å². The Morgan fingerprint density at radius 2 is 2.07 bits per heavy atom. The number of fused-ring (bicyclic) bond motifs is 1. The molecule has 9 nitrogen and oxygen atoms in total. The van der Waals surface area contributed by atoms with Crippen LogP contribution in [0.25, 0.3) is 11.0 Å². The van der Waals surface area contributed by atoms with Crippen LogP contribution >= 0.6 is 0 Å². The maximum absolute atomic E-state index is 12.0. The van der Waals surface area contributed by atoms with Gasteiger partial charge in [0.1, 0.15) is 12.1 Å². The molecule has 0 radical (unpaired) electrons. The van der Waals surface area contributed by atoms with E-state index in [4.69, 9.17) is 0 Å². The first-order valence-electron chi connectivity index (χ1n) is 9.64. The molecule has 28 heavy (non-hydrogen) atoms. The van der Waals surface area contributed by atoms with Gasteiger partial charge in [-0.15, -0.1) is 0 Å². The molecule has 1 aliphatic heterocycles. The van der Waals surface area contributed by atoms with Gasteiger partial charge in [-0.2, -0.15) is 10.2 Å². The van der Waals surface area contributed by atoms with E-state index in [0.717, 1.165) is 29.0 Å². The van der Waals surface area contributed by atoms with E-state index in [1.807, 2.05) is 28.7 Å². The first kappa shape index (κ1) is 18.4.